The average molecular weight is 229 g/mol. The van der Waals surface area contributed by atoms with Crippen molar-refractivity contribution in [3.8, 4) is 0 Å². The quantitative estimate of drug-likeness (QED) is 0.586. The molecule has 1 aromatic carbocycles. The van der Waals surface area contributed by atoms with E-state index in [0.29, 0.717) is 0 Å². The third-order valence-corrected chi connectivity index (χ3v) is 3.31. The molecule has 1 aliphatic rings. The maximum absolute atomic E-state index is 11.8. The number of benzene rings is 1. The van der Waals surface area contributed by atoms with Gasteiger partial charge in [0.25, 0.3) is 0 Å². The zero-order chi connectivity index (χ0) is 12.1. The van der Waals surface area contributed by atoms with E-state index in [4.69, 9.17) is 0 Å². The van der Waals surface area contributed by atoms with Crippen molar-refractivity contribution in [1.82, 2.24) is 4.90 Å². The van der Waals surface area contributed by atoms with Gasteiger partial charge in [0.15, 0.2) is 5.78 Å². The average Bonchev–Trinajstić information content (AvgIpc) is 2.39. The predicted octanol–water partition coefficient (Wildman–Crippen LogP) is 3.11. The molecular weight excluding hydrogens is 210 g/mol. The molecule has 0 N–H and O–H groups in total. The molecule has 0 atom stereocenters. The lowest BCUT2D eigenvalue weighted by atomic mass is 9.99. The Hall–Kier alpha value is -1.57. The highest BCUT2D eigenvalue weighted by Crippen LogP contribution is 2.16. The summed E-state index contributed by atoms with van der Waals surface area (Å²) in [6, 6.07) is 9.41. The van der Waals surface area contributed by atoms with Gasteiger partial charge in [-0.2, -0.15) is 0 Å². The molecule has 0 unspecified atom stereocenters. The van der Waals surface area contributed by atoms with Crippen LogP contribution in [0, 0.1) is 5.92 Å². The number of hydrogen-bond acceptors (Lipinski definition) is 2. The van der Waals surface area contributed by atoms with Gasteiger partial charge in [0.2, 0.25) is 0 Å². The van der Waals surface area contributed by atoms with Crippen LogP contribution in [-0.2, 0) is 0 Å². The van der Waals surface area contributed by atoms with Crippen LogP contribution in [0.4, 0.5) is 0 Å². The molecule has 0 amide bonds. The minimum atomic E-state index is 0.0872. The third-order valence-electron chi connectivity index (χ3n) is 3.31. The second-order valence-electron chi connectivity index (χ2n) is 4.76. The molecule has 1 heterocycles. The predicted molar refractivity (Wildman–Crippen MR) is 69.9 cm³/mol. The normalized spacial score (nSPS) is 17.6. The summed E-state index contributed by atoms with van der Waals surface area (Å²) in [6.07, 6.45) is 6.08. The molecule has 1 saturated heterocycles. The van der Waals surface area contributed by atoms with Crippen LogP contribution in [0.1, 0.15) is 30.1 Å². The highest BCUT2D eigenvalue weighted by molar-refractivity contribution is 6.04. The van der Waals surface area contributed by atoms with Gasteiger partial charge in [0.05, 0.1) is 0 Å². The second-order valence-corrected chi connectivity index (χ2v) is 4.76. The standard InChI is InChI=1S/C15H19NO/c1-13-7-10-16(11-8-13)12-9-15(17)14-5-3-2-4-6-14/h2-6,9,12-13H,7-8,10-11H2,1H3/b12-9+. The number of ketones is 1. The van der Waals surface area contributed by atoms with Gasteiger partial charge in [-0.25, -0.2) is 0 Å². The van der Waals surface area contributed by atoms with Crippen LogP contribution in [0.5, 0.6) is 0 Å². The van der Waals surface area contributed by atoms with E-state index in [0.717, 1.165) is 24.6 Å². The molecule has 2 nitrogen and oxygen atoms in total. The lowest BCUT2D eigenvalue weighted by Crippen LogP contribution is -2.28. The van der Waals surface area contributed by atoms with E-state index in [-0.39, 0.29) is 5.78 Å². The van der Waals surface area contributed by atoms with Crippen LogP contribution in [0.15, 0.2) is 42.6 Å². The van der Waals surface area contributed by atoms with Crippen LogP contribution in [-0.4, -0.2) is 23.8 Å². The van der Waals surface area contributed by atoms with Gasteiger partial charge >= 0.3 is 0 Å². The van der Waals surface area contributed by atoms with Crippen molar-refractivity contribution in [3.63, 3.8) is 0 Å². The summed E-state index contributed by atoms with van der Waals surface area (Å²) in [4.78, 5) is 14.1. The largest absolute Gasteiger partial charge is 0.377 e. The summed E-state index contributed by atoms with van der Waals surface area (Å²) in [6.45, 7) is 4.43. The highest BCUT2D eigenvalue weighted by atomic mass is 16.1. The smallest absolute Gasteiger partial charge is 0.187 e. The SMILES string of the molecule is CC1CCN(/C=C/C(=O)c2ccccc2)CC1. The van der Waals surface area contributed by atoms with Gasteiger partial charge in [-0.3, -0.25) is 4.79 Å². The molecule has 0 bridgehead atoms. The summed E-state index contributed by atoms with van der Waals surface area (Å²) < 4.78 is 0. The van der Waals surface area contributed by atoms with Gasteiger partial charge in [0.1, 0.15) is 0 Å². The Balaban J connectivity index is 1.90. The number of rotatable bonds is 3. The lowest BCUT2D eigenvalue weighted by Gasteiger charge is -2.28. The minimum absolute atomic E-state index is 0.0872. The van der Waals surface area contributed by atoms with Crippen molar-refractivity contribution in [1.29, 1.82) is 0 Å². The maximum atomic E-state index is 11.8. The number of nitrogens with zero attached hydrogens (tertiary/aromatic N) is 1. The van der Waals surface area contributed by atoms with Gasteiger partial charge < -0.3 is 4.90 Å². The molecule has 90 valence electrons. The Morgan fingerprint density at radius 3 is 2.53 bits per heavy atom. The second kappa shape index (κ2) is 5.67. The number of carbonyl (C=O) groups is 1. The molecule has 2 heteroatoms. The summed E-state index contributed by atoms with van der Waals surface area (Å²) in [5, 5.41) is 0. The first-order valence-corrected chi connectivity index (χ1v) is 6.27. The van der Waals surface area contributed by atoms with E-state index < -0.39 is 0 Å². The van der Waals surface area contributed by atoms with Gasteiger partial charge in [0, 0.05) is 30.9 Å². The van der Waals surface area contributed by atoms with E-state index in [9.17, 15) is 4.79 Å². The first-order valence-electron chi connectivity index (χ1n) is 6.27. The van der Waals surface area contributed by atoms with Crippen LogP contribution < -0.4 is 0 Å². The fourth-order valence-electron chi connectivity index (χ4n) is 2.05. The monoisotopic (exact) mass is 229 g/mol. The number of allylic oxidation sites excluding steroid dienone is 1. The van der Waals surface area contributed by atoms with Gasteiger partial charge in [-0.05, 0) is 18.8 Å². The Morgan fingerprint density at radius 2 is 1.88 bits per heavy atom. The topological polar surface area (TPSA) is 20.3 Å². The highest BCUT2D eigenvalue weighted by Gasteiger charge is 2.12. The van der Waals surface area contributed by atoms with Crippen LogP contribution in [0.2, 0.25) is 0 Å². The summed E-state index contributed by atoms with van der Waals surface area (Å²) in [5.41, 5.74) is 0.758. The fraction of sp³-hybridized carbons (Fsp3) is 0.400. The molecule has 17 heavy (non-hydrogen) atoms. The Morgan fingerprint density at radius 1 is 1.24 bits per heavy atom. The molecule has 0 saturated carbocycles. The van der Waals surface area contributed by atoms with Gasteiger partial charge in [-0.1, -0.05) is 37.3 Å². The number of carbonyl (C=O) groups excluding carboxylic acids is 1. The van der Waals surface area contributed by atoms with E-state index >= 15 is 0 Å². The Bertz CT molecular complexity index is 389. The van der Waals surface area contributed by atoms with Crippen LogP contribution in [0.3, 0.4) is 0 Å². The lowest BCUT2D eigenvalue weighted by molar-refractivity contribution is 0.104. The van der Waals surface area contributed by atoms with E-state index in [1.807, 2.05) is 36.5 Å². The molecule has 0 aromatic heterocycles. The number of piperidine rings is 1. The maximum Gasteiger partial charge on any atom is 0.187 e. The number of hydrogen-bond donors (Lipinski definition) is 0. The van der Waals surface area contributed by atoms with Crippen molar-refractivity contribution in [2.45, 2.75) is 19.8 Å². The van der Waals surface area contributed by atoms with E-state index in [2.05, 4.69) is 11.8 Å². The molecule has 1 fully saturated rings. The summed E-state index contributed by atoms with van der Waals surface area (Å²) in [5.74, 6) is 0.911. The minimum Gasteiger partial charge on any atom is -0.377 e. The number of likely N-dealkylation sites (tertiary alicyclic amines) is 1. The molecule has 0 spiro atoms. The first-order chi connectivity index (χ1) is 8.25. The van der Waals surface area contributed by atoms with E-state index in [1.54, 1.807) is 6.08 Å². The van der Waals surface area contributed by atoms with Crippen molar-refractivity contribution >= 4 is 5.78 Å². The fourth-order valence-corrected chi connectivity index (χ4v) is 2.05. The summed E-state index contributed by atoms with van der Waals surface area (Å²) >= 11 is 0. The van der Waals surface area contributed by atoms with Crippen LogP contribution >= 0.6 is 0 Å². The molecule has 2 rings (SSSR count). The molecule has 0 aliphatic carbocycles. The zero-order valence-electron chi connectivity index (χ0n) is 10.3. The van der Waals surface area contributed by atoms with Gasteiger partial charge in [-0.15, -0.1) is 0 Å². The van der Waals surface area contributed by atoms with E-state index in [1.165, 1.54) is 12.8 Å². The zero-order valence-corrected chi connectivity index (χ0v) is 10.3. The van der Waals surface area contributed by atoms with Crippen molar-refractivity contribution in [2.24, 2.45) is 5.92 Å². The molecule has 0 radical (unpaired) electrons. The van der Waals surface area contributed by atoms with Crippen LogP contribution in [0.25, 0.3) is 0 Å². The third kappa shape index (κ3) is 3.45. The van der Waals surface area contributed by atoms with Crippen molar-refractivity contribution in [2.75, 3.05) is 13.1 Å². The molecule has 1 aromatic rings. The Labute approximate surface area is 103 Å². The van der Waals surface area contributed by atoms with Crippen molar-refractivity contribution < 1.29 is 4.79 Å². The summed E-state index contributed by atoms with van der Waals surface area (Å²) in [7, 11) is 0. The first kappa shape index (κ1) is 11.9. The molecule has 1 aliphatic heterocycles. The molecular formula is C15H19NO. The van der Waals surface area contributed by atoms with Crippen molar-refractivity contribution in [3.05, 3.63) is 48.2 Å². The Kier molecular flexibility index (Phi) is 3.97.